The van der Waals surface area contributed by atoms with Crippen molar-refractivity contribution < 1.29 is 18.4 Å². The fraction of sp³-hybridized carbons (Fsp3) is 0.0909. The highest BCUT2D eigenvalue weighted by Crippen LogP contribution is 2.42. The Labute approximate surface area is 170 Å². The summed E-state index contributed by atoms with van der Waals surface area (Å²) in [6.07, 6.45) is 0. The highest BCUT2D eigenvalue weighted by Gasteiger charge is 2.34. The van der Waals surface area contributed by atoms with Gasteiger partial charge in [0.1, 0.15) is 17.0 Å². The van der Waals surface area contributed by atoms with Crippen molar-refractivity contribution in [2.45, 2.75) is 5.37 Å². The molecule has 29 heavy (non-hydrogen) atoms. The molecular formula is C22H16F2N2O2S. The molecular weight excluding hydrogens is 394 g/mol. The van der Waals surface area contributed by atoms with Crippen molar-refractivity contribution in [3.63, 3.8) is 0 Å². The van der Waals surface area contributed by atoms with Gasteiger partial charge in [-0.3, -0.25) is 14.5 Å². The van der Waals surface area contributed by atoms with Crippen LogP contribution in [0.4, 0.5) is 20.2 Å². The summed E-state index contributed by atoms with van der Waals surface area (Å²) in [4.78, 5) is 26.4. The Morgan fingerprint density at radius 3 is 2.48 bits per heavy atom. The molecule has 1 fully saturated rings. The first-order valence-electron chi connectivity index (χ1n) is 8.87. The third kappa shape index (κ3) is 4.14. The molecule has 4 nitrogen and oxygen atoms in total. The lowest BCUT2D eigenvalue weighted by molar-refractivity contribution is -0.115. The fourth-order valence-corrected chi connectivity index (χ4v) is 4.32. The predicted octanol–water partition coefficient (Wildman–Crippen LogP) is 5.00. The lowest BCUT2D eigenvalue weighted by Gasteiger charge is -2.24. The van der Waals surface area contributed by atoms with E-state index in [1.165, 1.54) is 48.2 Å². The van der Waals surface area contributed by atoms with Gasteiger partial charge in [0.05, 0.1) is 5.75 Å². The van der Waals surface area contributed by atoms with Crippen LogP contribution < -0.4 is 10.2 Å². The molecule has 146 valence electrons. The standard InChI is InChI=1S/C22H16F2N2O2S/c23-16-9-7-14(8-10-16)21(28)25-18-5-1-3-15(11-18)22-26(20(27)13-29-22)19-6-2-4-17(24)12-19/h1-12,22H,13H2,(H,25,28). The van der Waals surface area contributed by atoms with E-state index in [9.17, 15) is 18.4 Å². The Hall–Kier alpha value is -3.19. The number of hydrogen-bond acceptors (Lipinski definition) is 3. The van der Waals surface area contributed by atoms with Gasteiger partial charge in [-0.2, -0.15) is 0 Å². The van der Waals surface area contributed by atoms with Gasteiger partial charge in [-0.25, -0.2) is 8.78 Å². The van der Waals surface area contributed by atoms with E-state index in [2.05, 4.69) is 5.32 Å². The van der Waals surface area contributed by atoms with Crippen LogP contribution in [0.2, 0.25) is 0 Å². The zero-order valence-electron chi connectivity index (χ0n) is 15.1. The molecule has 1 N–H and O–H groups in total. The average molecular weight is 410 g/mol. The molecule has 1 saturated heterocycles. The SMILES string of the molecule is O=C(Nc1cccc(C2SCC(=O)N2c2cccc(F)c2)c1)c1ccc(F)cc1. The minimum absolute atomic E-state index is 0.105. The molecule has 1 unspecified atom stereocenters. The van der Waals surface area contributed by atoms with E-state index in [4.69, 9.17) is 0 Å². The summed E-state index contributed by atoms with van der Waals surface area (Å²) in [5, 5.41) is 2.46. The van der Waals surface area contributed by atoms with Crippen LogP contribution >= 0.6 is 11.8 Å². The van der Waals surface area contributed by atoms with Crippen LogP contribution in [0, 0.1) is 11.6 Å². The Kier molecular flexibility index (Phi) is 5.31. The third-order valence-electron chi connectivity index (χ3n) is 4.49. The predicted molar refractivity (Wildman–Crippen MR) is 110 cm³/mol. The summed E-state index contributed by atoms with van der Waals surface area (Å²) >= 11 is 1.44. The molecule has 0 saturated carbocycles. The molecule has 4 rings (SSSR count). The van der Waals surface area contributed by atoms with Crippen LogP contribution in [0.1, 0.15) is 21.3 Å². The molecule has 1 aliphatic heterocycles. The monoisotopic (exact) mass is 410 g/mol. The number of nitrogens with zero attached hydrogens (tertiary/aromatic N) is 1. The second-order valence-electron chi connectivity index (χ2n) is 6.49. The largest absolute Gasteiger partial charge is 0.322 e. The fourth-order valence-electron chi connectivity index (χ4n) is 3.15. The third-order valence-corrected chi connectivity index (χ3v) is 5.70. The lowest BCUT2D eigenvalue weighted by Crippen LogP contribution is -2.27. The summed E-state index contributed by atoms with van der Waals surface area (Å²) in [6.45, 7) is 0. The number of halogens is 2. The zero-order chi connectivity index (χ0) is 20.4. The molecule has 7 heteroatoms. The molecule has 0 radical (unpaired) electrons. The second-order valence-corrected chi connectivity index (χ2v) is 7.56. The van der Waals surface area contributed by atoms with Crippen LogP contribution in [-0.2, 0) is 4.79 Å². The topological polar surface area (TPSA) is 49.4 Å². The molecule has 0 spiro atoms. The Morgan fingerprint density at radius 1 is 0.966 bits per heavy atom. The molecule has 0 aromatic heterocycles. The highest BCUT2D eigenvalue weighted by atomic mass is 32.2. The van der Waals surface area contributed by atoms with E-state index < -0.39 is 11.6 Å². The molecule has 0 bridgehead atoms. The van der Waals surface area contributed by atoms with Gasteiger partial charge < -0.3 is 5.32 Å². The first kappa shape index (κ1) is 19.1. The number of hydrogen-bond donors (Lipinski definition) is 1. The maximum absolute atomic E-state index is 13.7. The number of carbonyl (C=O) groups excluding carboxylic acids is 2. The molecule has 1 aliphatic rings. The summed E-state index contributed by atoms with van der Waals surface area (Å²) in [7, 11) is 0. The normalized spacial score (nSPS) is 16.1. The van der Waals surface area contributed by atoms with Crippen molar-refractivity contribution >= 4 is 35.0 Å². The van der Waals surface area contributed by atoms with E-state index in [1.807, 2.05) is 6.07 Å². The van der Waals surface area contributed by atoms with Crippen molar-refractivity contribution in [2.75, 3.05) is 16.0 Å². The van der Waals surface area contributed by atoms with E-state index >= 15 is 0 Å². The van der Waals surface area contributed by atoms with Crippen LogP contribution in [0.3, 0.4) is 0 Å². The van der Waals surface area contributed by atoms with Crippen molar-refractivity contribution in [3.05, 3.63) is 95.6 Å². The number of rotatable bonds is 4. The summed E-state index contributed by atoms with van der Waals surface area (Å²) in [5.74, 6) is -1.01. The molecule has 3 aromatic carbocycles. The molecule has 3 aromatic rings. The van der Waals surface area contributed by atoms with Gasteiger partial charge in [0.15, 0.2) is 0 Å². The van der Waals surface area contributed by atoms with Crippen molar-refractivity contribution in [2.24, 2.45) is 0 Å². The number of nitrogens with one attached hydrogen (secondary N) is 1. The Balaban J connectivity index is 1.58. The maximum Gasteiger partial charge on any atom is 0.255 e. The van der Waals surface area contributed by atoms with Gasteiger partial charge in [-0.1, -0.05) is 18.2 Å². The lowest BCUT2D eigenvalue weighted by atomic mass is 10.1. The Morgan fingerprint density at radius 2 is 1.72 bits per heavy atom. The van der Waals surface area contributed by atoms with E-state index in [1.54, 1.807) is 35.2 Å². The van der Waals surface area contributed by atoms with Gasteiger partial charge >= 0.3 is 0 Å². The van der Waals surface area contributed by atoms with Crippen molar-refractivity contribution in [1.82, 2.24) is 0 Å². The number of amides is 2. The minimum Gasteiger partial charge on any atom is -0.322 e. The van der Waals surface area contributed by atoms with Gasteiger partial charge in [0.2, 0.25) is 5.91 Å². The minimum atomic E-state index is -0.413. The Bertz CT molecular complexity index is 1070. The molecule has 0 aliphatic carbocycles. The van der Waals surface area contributed by atoms with E-state index in [0.29, 0.717) is 16.9 Å². The van der Waals surface area contributed by atoms with Gasteiger partial charge in [0, 0.05) is 16.9 Å². The molecule has 2 amide bonds. The number of benzene rings is 3. The van der Waals surface area contributed by atoms with Gasteiger partial charge in [0.25, 0.3) is 5.91 Å². The second kappa shape index (κ2) is 8.05. The van der Waals surface area contributed by atoms with Crippen molar-refractivity contribution in [1.29, 1.82) is 0 Å². The first-order valence-corrected chi connectivity index (χ1v) is 9.92. The van der Waals surface area contributed by atoms with Crippen LogP contribution in [0.15, 0.2) is 72.8 Å². The van der Waals surface area contributed by atoms with Crippen LogP contribution in [-0.4, -0.2) is 17.6 Å². The van der Waals surface area contributed by atoms with E-state index in [-0.39, 0.29) is 22.9 Å². The van der Waals surface area contributed by atoms with Gasteiger partial charge in [-0.05, 0) is 60.2 Å². The van der Waals surface area contributed by atoms with Crippen LogP contribution in [0.5, 0.6) is 0 Å². The highest BCUT2D eigenvalue weighted by molar-refractivity contribution is 8.00. The molecule has 1 atom stereocenters. The molecule has 1 heterocycles. The quantitative estimate of drug-likeness (QED) is 0.659. The first-order chi connectivity index (χ1) is 14.0. The smallest absolute Gasteiger partial charge is 0.255 e. The average Bonchev–Trinajstić information content (AvgIpc) is 3.10. The summed E-state index contributed by atoms with van der Waals surface area (Å²) in [5.41, 5.74) is 2.19. The van der Waals surface area contributed by atoms with Crippen LogP contribution in [0.25, 0.3) is 0 Å². The maximum atomic E-state index is 13.7. The number of carbonyl (C=O) groups is 2. The summed E-state index contributed by atoms with van der Waals surface area (Å²) in [6, 6.07) is 18.3. The van der Waals surface area contributed by atoms with Gasteiger partial charge in [-0.15, -0.1) is 11.8 Å². The summed E-state index contributed by atoms with van der Waals surface area (Å²) < 4.78 is 26.7. The van der Waals surface area contributed by atoms with Crippen molar-refractivity contribution in [3.8, 4) is 0 Å². The van der Waals surface area contributed by atoms with E-state index in [0.717, 1.165) is 5.56 Å². The zero-order valence-corrected chi connectivity index (χ0v) is 16.0. The number of anilines is 2. The number of thioether (sulfide) groups is 1.